The summed E-state index contributed by atoms with van der Waals surface area (Å²) in [5, 5.41) is 12.3. The Kier molecular flexibility index (Phi) is 3.62. The van der Waals surface area contributed by atoms with E-state index in [9.17, 15) is 0 Å². The van der Waals surface area contributed by atoms with Crippen molar-refractivity contribution in [3.8, 4) is 17.2 Å². The first-order chi connectivity index (χ1) is 9.88. The fraction of sp³-hybridized carbons (Fsp3) is 0.167. The monoisotopic (exact) mass is 260 g/mol. The molecule has 1 saturated heterocycles. The molecule has 2 aromatic rings. The van der Waals surface area contributed by atoms with Gasteiger partial charge in [-0.2, -0.15) is 5.26 Å². The summed E-state index contributed by atoms with van der Waals surface area (Å²) in [4.78, 5) is 0. The molecular formula is C18H16N2. The second-order valence-electron chi connectivity index (χ2n) is 4.97. The average molecular weight is 260 g/mol. The molecule has 1 aliphatic rings. The Morgan fingerprint density at radius 2 is 1.70 bits per heavy atom. The van der Waals surface area contributed by atoms with Gasteiger partial charge in [-0.05, 0) is 35.2 Å². The van der Waals surface area contributed by atoms with Crippen LogP contribution < -0.4 is 5.32 Å². The van der Waals surface area contributed by atoms with Crippen LogP contribution in [0.25, 0.3) is 11.1 Å². The van der Waals surface area contributed by atoms with Crippen LogP contribution in [0.15, 0.2) is 66.2 Å². The zero-order valence-corrected chi connectivity index (χ0v) is 11.2. The maximum absolute atomic E-state index is 8.83. The van der Waals surface area contributed by atoms with E-state index in [1.54, 1.807) is 6.08 Å². The third kappa shape index (κ3) is 2.49. The molecule has 2 heteroatoms. The Hall–Kier alpha value is -2.37. The third-order valence-electron chi connectivity index (χ3n) is 3.73. The first-order valence-electron chi connectivity index (χ1n) is 6.86. The van der Waals surface area contributed by atoms with Crippen LogP contribution in [-0.2, 0) is 0 Å². The SMILES string of the molecule is N#C/C=C1/CCNC1c1ccc(-c2ccccc2)cc1. The van der Waals surface area contributed by atoms with Crippen LogP contribution in [0.4, 0.5) is 0 Å². The van der Waals surface area contributed by atoms with E-state index in [1.807, 2.05) is 6.07 Å². The van der Waals surface area contributed by atoms with Crippen molar-refractivity contribution < 1.29 is 0 Å². The van der Waals surface area contributed by atoms with E-state index in [2.05, 4.69) is 59.9 Å². The summed E-state index contributed by atoms with van der Waals surface area (Å²) in [5.74, 6) is 0. The van der Waals surface area contributed by atoms with Crippen LogP contribution in [-0.4, -0.2) is 6.54 Å². The number of nitriles is 1. The largest absolute Gasteiger partial charge is 0.306 e. The van der Waals surface area contributed by atoms with E-state index in [4.69, 9.17) is 5.26 Å². The summed E-state index contributed by atoms with van der Waals surface area (Å²) in [7, 11) is 0. The standard InChI is InChI=1S/C18H16N2/c19-12-10-17-11-13-20-18(17)16-8-6-15(7-9-16)14-4-2-1-3-5-14/h1-10,18,20H,11,13H2/b17-10-. The second kappa shape index (κ2) is 5.73. The molecule has 0 saturated carbocycles. The van der Waals surface area contributed by atoms with Crippen LogP contribution in [0.3, 0.4) is 0 Å². The average Bonchev–Trinajstić information content (AvgIpc) is 2.97. The molecule has 1 aliphatic heterocycles. The highest BCUT2D eigenvalue weighted by atomic mass is 14.9. The van der Waals surface area contributed by atoms with E-state index >= 15 is 0 Å². The molecule has 20 heavy (non-hydrogen) atoms. The lowest BCUT2D eigenvalue weighted by atomic mass is 9.97. The zero-order chi connectivity index (χ0) is 13.8. The molecule has 0 bridgehead atoms. The van der Waals surface area contributed by atoms with E-state index < -0.39 is 0 Å². The molecule has 1 N–H and O–H groups in total. The quantitative estimate of drug-likeness (QED) is 0.833. The van der Waals surface area contributed by atoms with Gasteiger partial charge in [-0.25, -0.2) is 0 Å². The van der Waals surface area contributed by atoms with E-state index in [1.165, 1.54) is 22.3 Å². The van der Waals surface area contributed by atoms with Crippen LogP contribution >= 0.6 is 0 Å². The highest BCUT2D eigenvalue weighted by Gasteiger charge is 2.21. The van der Waals surface area contributed by atoms with Gasteiger partial charge in [0.1, 0.15) is 0 Å². The second-order valence-corrected chi connectivity index (χ2v) is 4.97. The van der Waals surface area contributed by atoms with Crippen molar-refractivity contribution in [2.75, 3.05) is 6.54 Å². The van der Waals surface area contributed by atoms with Crippen molar-refractivity contribution in [3.63, 3.8) is 0 Å². The summed E-state index contributed by atoms with van der Waals surface area (Å²) in [5.41, 5.74) is 4.85. The topological polar surface area (TPSA) is 35.8 Å². The van der Waals surface area contributed by atoms with Crippen molar-refractivity contribution in [2.45, 2.75) is 12.5 Å². The summed E-state index contributed by atoms with van der Waals surface area (Å²) in [6.07, 6.45) is 2.63. The minimum absolute atomic E-state index is 0.194. The van der Waals surface area contributed by atoms with Gasteiger partial charge in [0.2, 0.25) is 0 Å². The predicted octanol–water partition coefficient (Wildman–Crippen LogP) is 3.84. The minimum atomic E-state index is 0.194. The van der Waals surface area contributed by atoms with Gasteiger partial charge in [0, 0.05) is 6.08 Å². The van der Waals surface area contributed by atoms with Gasteiger partial charge in [0.15, 0.2) is 0 Å². The predicted molar refractivity (Wildman–Crippen MR) is 80.9 cm³/mol. The Labute approximate surface area is 119 Å². The van der Waals surface area contributed by atoms with Crippen molar-refractivity contribution >= 4 is 0 Å². The highest BCUT2D eigenvalue weighted by molar-refractivity contribution is 5.63. The molecule has 1 fully saturated rings. The molecule has 1 unspecified atom stereocenters. The number of nitrogens with zero attached hydrogens (tertiary/aromatic N) is 1. The Morgan fingerprint density at radius 1 is 1.00 bits per heavy atom. The van der Waals surface area contributed by atoms with Crippen molar-refractivity contribution in [1.82, 2.24) is 5.32 Å². The third-order valence-corrected chi connectivity index (χ3v) is 3.73. The number of rotatable bonds is 2. The van der Waals surface area contributed by atoms with E-state index in [0.29, 0.717) is 0 Å². The lowest BCUT2D eigenvalue weighted by Crippen LogP contribution is -2.13. The number of allylic oxidation sites excluding steroid dienone is 1. The van der Waals surface area contributed by atoms with Gasteiger partial charge in [0.05, 0.1) is 12.1 Å². The van der Waals surface area contributed by atoms with E-state index in [0.717, 1.165) is 13.0 Å². The molecule has 0 aromatic heterocycles. The van der Waals surface area contributed by atoms with Crippen molar-refractivity contribution in [1.29, 1.82) is 5.26 Å². The summed E-state index contributed by atoms with van der Waals surface area (Å²) in [6, 6.07) is 21.3. The maximum atomic E-state index is 8.83. The van der Waals surface area contributed by atoms with Gasteiger partial charge in [-0.1, -0.05) is 54.6 Å². The summed E-state index contributed by atoms with van der Waals surface area (Å²) in [6.45, 7) is 0.943. The Morgan fingerprint density at radius 3 is 2.40 bits per heavy atom. The smallest absolute Gasteiger partial charge is 0.0912 e. The number of nitrogens with one attached hydrogen (secondary N) is 1. The van der Waals surface area contributed by atoms with Gasteiger partial charge in [0.25, 0.3) is 0 Å². The van der Waals surface area contributed by atoms with Crippen LogP contribution in [0.1, 0.15) is 18.0 Å². The van der Waals surface area contributed by atoms with Crippen molar-refractivity contribution in [2.24, 2.45) is 0 Å². The summed E-state index contributed by atoms with van der Waals surface area (Å²) < 4.78 is 0. The van der Waals surface area contributed by atoms with Crippen LogP contribution in [0.5, 0.6) is 0 Å². The molecule has 0 spiro atoms. The Balaban J connectivity index is 1.87. The van der Waals surface area contributed by atoms with Crippen LogP contribution in [0.2, 0.25) is 0 Å². The molecule has 2 nitrogen and oxygen atoms in total. The molecule has 1 heterocycles. The number of hydrogen-bond donors (Lipinski definition) is 1. The molecular weight excluding hydrogens is 244 g/mol. The molecule has 2 aromatic carbocycles. The fourth-order valence-electron chi connectivity index (χ4n) is 2.71. The van der Waals surface area contributed by atoms with Gasteiger partial charge in [-0.3, -0.25) is 0 Å². The molecule has 0 aliphatic carbocycles. The lowest BCUT2D eigenvalue weighted by Gasteiger charge is -2.13. The minimum Gasteiger partial charge on any atom is -0.306 e. The van der Waals surface area contributed by atoms with Crippen molar-refractivity contribution in [3.05, 3.63) is 71.8 Å². The zero-order valence-electron chi connectivity index (χ0n) is 11.2. The Bertz CT molecular complexity index is 648. The maximum Gasteiger partial charge on any atom is 0.0912 e. The normalized spacial score (nSPS) is 19.9. The van der Waals surface area contributed by atoms with Gasteiger partial charge >= 0.3 is 0 Å². The fourth-order valence-corrected chi connectivity index (χ4v) is 2.71. The number of benzene rings is 2. The number of hydrogen-bond acceptors (Lipinski definition) is 2. The molecule has 0 radical (unpaired) electrons. The van der Waals surface area contributed by atoms with Crippen LogP contribution in [0, 0.1) is 11.3 Å². The van der Waals surface area contributed by atoms with Gasteiger partial charge in [-0.15, -0.1) is 0 Å². The first kappa shape index (κ1) is 12.7. The van der Waals surface area contributed by atoms with Gasteiger partial charge < -0.3 is 5.32 Å². The molecule has 0 amide bonds. The molecule has 98 valence electrons. The molecule has 1 atom stereocenters. The summed E-state index contributed by atoms with van der Waals surface area (Å²) >= 11 is 0. The molecule has 3 rings (SSSR count). The van der Waals surface area contributed by atoms with E-state index in [-0.39, 0.29) is 6.04 Å². The first-order valence-corrected chi connectivity index (χ1v) is 6.86. The lowest BCUT2D eigenvalue weighted by molar-refractivity contribution is 0.708. The highest BCUT2D eigenvalue weighted by Crippen LogP contribution is 2.30.